The predicted octanol–water partition coefficient (Wildman–Crippen LogP) is 2.47. The second kappa shape index (κ2) is 6.81. The molecule has 8 heteroatoms. The highest BCUT2D eigenvalue weighted by Crippen LogP contribution is 2.43. The Balaban J connectivity index is 2.00. The van der Waals surface area contributed by atoms with E-state index in [4.69, 9.17) is 18.3 Å². The van der Waals surface area contributed by atoms with Gasteiger partial charge in [0, 0.05) is 22.9 Å². The molecule has 4 rings (SSSR count). The number of methoxy groups -OCH3 is 1. The molecule has 0 saturated carbocycles. The van der Waals surface area contributed by atoms with Gasteiger partial charge in [-0.1, -0.05) is 5.46 Å². The molecule has 3 N–H and O–H groups in total. The molecule has 6 nitrogen and oxygen atoms in total. The van der Waals surface area contributed by atoms with Crippen molar-refractivity contribution in [2.45, 2.75) is 18.9 Å². The summed E-state index contributed by atoms with van der Waals surface area (Å²) in [5.41, 5.74) is 8.02. The molecule has 0 unspecified atom stereocenters. The van der Waals surface area contributed by atoms with Crippen LogP contribution in [-0.4, -0.2) is 43.9 Å². The number of fused-ring (bicyclic) bond motifs is 1. The first-order valence-electron chi connectivity index (χ1n) is 9.04. The minimum absolute atomic E-state index is 0.107. The third kappa shape index (κ3) is 3.13. The first kappa shape index (κ1) is 19.3. The van der Waals surface area contributed by atoms with Gasteiger partial charge in [0.25, 0.3) is 0 Å². The fourth-order valence-electron chi connectivity index (χ4n) is 3.60. The number of ether oxygens (including phenoxy) is 1. The highest BCUT2D eigenvalue weighted by atomic mass is 32.1. The Labute approximate surface area is 174 Å². The molecule has 0 aliphatic carbocycles. The molecule has 1 aromatic heterocycles. The van der Waals surface area contributed by atoms with E-state index in [1.54, 1.807) is 32.4 Å². The summed E-state index contributed by atoms with van der Waals surface area (Å²) < 4.78 is 6.27. The molecule has 2 radical (unpaired) electrons. The molecular weight excluding hydrogens is 385 g/mol. The number of guanidine groups is 1. The Bertz CT molecular complexity index is 1170. The summed E-state index contributed by atoms with van der Waals surface area (Å²) in [6, 6.07) is 8.98. The van der Waals surface area contributed by atoms with Crippen LogP contribution in [0.25, 0.3) is 21.2 Å². The predicted molar refractivity (Wildman–Crippen MR) is 117 cm³/mol. The van der Waals surface area contributed by atoms with Gasteiger partial charge in [-0.3, -0.25) is 9.69 Å². The van der Waals surface area contributed by atoms with E-state index in [2.05, 4.69) is 4.99 Å². The van der Waals surface area contributed by atoms with Crippen molar-refractivity contribution in [3.63, 3.8) is 0 Å². The zero-order chi connectivity index (χ0) is 20.9. The molecule has 0 spiro atoms. The van der Waals surface area contributed by atoms with Crippen LogP contribution in [0.3, 0.4) is 0 Å². The molecule has 2 aromatic carbocycles. The van der Waals surface area contributed by atoms with Gasteiger partial charge in [0.1, 0.15) is 19.3 Å². The van der Waals surface area contributed by atoms with E-state index >= 15 is 0 Å². The number of hydrogen-bond acceptors (Lipinski definition) is 6. The van der Waals surface area contributed by atoms with Crippen LogP contribution < -0.4 is 15.9 Å². The third-order valence-corrected chi connectivity index (χ3v) is 6.44. The van der Waals surface area contributed by atoms with Gasteiger partial charge in [0.05, 0.1) is 19.1 Å². The molecule has 2 heterocycles. The van der Waals surface area contributed by atoms with Crippen molar-refractivity contribution in [2.75, 3.05) is 14.2 Å². The van der Waals surface area contributed by atoms with Crippen LogP contribution in [0.5, 0.6) is 11.5 Å². The van der Waals surface area contributed by atoms with E-state index in [0.717, 1.165) is 21.2 Å². The fraction of sp³-hybridized carbons (Fsp3) is 0.238. The lowest BCUT2D eigenvalue weighted by Gasteiger charge is -2.34. The number of carbonyl (C=O) groups excluding carboxylic acids is 1. The number of carbonyl (C=O) groups is 1. The van der Waals surface area contributed by atoms with E-state index in [0.29, 0.717) is 16.8 Å². The van der Waals surface area contributed by atoms with Crippen molar-refractivity contribution in [2.24, 2.45) is 10.7 Å². The van der Waals surface area contributed by atoms with Gasteiger partial charge in [-0.05, 0) is 53.6 Å². The summed E-state index contributed by atoms with van der Waals surface area (Å²) >= 11 is 1.50. The molecule has 1 atom stereocenters. The number of phenols is 1. The number of hydrogen-bond donors (Lipinski definition) is 2. The van der Waals surface area contributed by atoms with E-state index in [1.165, 1.54) is 16.2 Å². The van der Waals surface area contributed by atoms with Crippen LogP contribution in [0.1, 0.15) is 18.9 Å². The number of nitrogens with two attached hydrogens (primary N) is 1. The topological polar surface area (TPSA) is 88.2 Å². The van der Waals surface area contributed by atoms with Gasteiger partial charge < -0.3 is 15.6 Å². The zero-order valence-corrected chi connectivity index (χ0v) is 17.2. The van der Waals surface area contributed by atoms with E-state index in [1.807, 2.05) is 24.4 Å². The molecule has 0 fully saturated rings. The number of nitrogens with zero attached hydrogens (tertiary/aromatic N) is 2. The van der Waals surface area contributed by atoms with Crippen molar-refractivity contribution >= 4 is 46.6 Å². The molecular formula is C21H20BN3O3S. The minimum atomic E-state index is -0.834. The number of thiophene rings is 1. The molecule has 0 bridgehead atoms. The van der Waals surface area contributed by atoms with Crippen LogP contribution in [0.15, 0.2) is 40.7 Å². The van der Waals surface area contributed by atoms with Crippen molar-refractivity contribution in [1.29, 1.82) is 0 Å². The molecule has 146 valence electrons. The van der Waals surface area contributed by atoms with Gasteiger partial charge in [0.2, 0.25) is 5.91 Å². The highest BCUT2D eigenvalue weighted by molar-refractivity contribution is 7.19. The lowest BCUT2D eigenvalue weighted by Crippen LogP contribution is -2.47. The summed E-state index contributed by atoms with van der Waals surface area (Å²) in [5, 5.41) is 13.3. The normalized spacial score (nSPS) is 19.5. The van der Waals surface area contributed by atoms with Crippen molar-refractivity contribution in [3.8, 4) is 22.6 Å². The van der Waals surface area contributed by atoms with E-state index in [9.17, 15) is 9.90 Å². The summed E-state index contributed by atoms with van der Waals surface area (Å²) in [5.74, 6) is 0.824. The third-order valence-electron chi connectivity index (χ3n) is 5.39. The standard InChI is InChI=1S/C21H20BN3O3S/c1-21(9-18(27)25(2)20(23)24-21)11-6-14(19-15(7-11)16(22)10-29-19)13-8-12(28-3)4-5-17(13)26/h4-8,10,26H,9H2,1-3H3,(H2,23,24)/t21-/m0/s1. The quantitative estimate of drug-likeness (QED) is 0.656. The largest absolute Gasteiger partial charge is 0.507 e. The van der Waals surface area contributed by atoms with Gasteiger partial charge in [-0.2, -0.15) is 0 Å². The SMILES string of the molecule is [B]c1csc2c(-c3cc(OC)ccc3O)cc([C@]3(C)CC(=O)N(C)C(N)=N3)cc12. The zero-order valence-electron chi connectivity index (χ0n) is 16.4. The first-order chi connectivity index (χ1) is 13.7. The summed E-state index contributed by atoms with van der Waals surface area (Å²) in [4.78, 5) is 18.4. The molecule has 29 heavy (non-hydrogen) atoms. The Hall–Kier alpha value is -3.00. The number of phenolic OH excluding ortho intramolecular Hbond substituents is 1. The van der Waals surface area contributed by atoms with E-state index < -0.39 is 5.54 Å². The average Bonchev–Trinajstić information content (AvgIpc) is 3.07. The molecule has 1 aliphatic heterocycles. The second-order valence-corrected chi connectivity index (χ2v) is 8.23. The maximum Gasteiger partial charge on any atom is 0.231 e. The minimum Gasteiger partial charge on any atom is -0.507 e. The Morgan fingerprint density at radius 2 is 2.07 bits per heavy atom. The number of aliphatic imine (C=N–C) groups is 1. The van der Waals surface area contributed by atoms with Crippen LogP contribution in [0, 0.1) is 0 Å². The molecule has 1 amide bonds. The maximum atomic E-state index is 12.5. The Morgan fingerprint density at radius 1 is 1.31 bits per heavy atom. The van der Waals surface area contributed by atoms with E-state index in [-0.39, 0.29) is 24.0 Å². The maximum absolute atomic E-state index is 12.5. The summed E-state index contributed by atoms with van der Waals surface area (Å²) in [7, 11) is 9.41. The number of benzene rings is 2. The van der Waals surface area contributed by atoms with Crippen molar-refractivity contribution < 1.29 is 14.6 Å². The molecule has 1 aliphatic rings. The summed E-state index contributed by atoms with van der Waals surface area (Å²) in [6.07, 6.45) is 0.184. The van der Waals surface area contributed by atoms with Crippen LogP contribution in [0.2, 0.25) is 0 Å². The Morgan fingerprint density at radius 3 is 2.76 bits per heavy atom. The van der Waals surface area contributed by atoms with Crippen molar-refractivity contribution in [3.05, 3.63) is 41.3 Å². The van der Waals surface area contributed by atoms with Crippen molar-refractivity contribution in [1.82, 2.24) is 4.90 Å². The lowest BCUT2D eigenvalue weighted by atomic mass is 9.83. The van der Waals surface area contributed by atoms with Gasteiger partial charge in [-0.25, -0.2) is 4.99 Å². The molecule has 0 saturated heterocycles. The number of rotatable bonds is 3. The second-order valence-electron chi connectivity index (χ2n) is 7.35. The van der Waals surface area contributed by atoms with Crippen LogP contribution >= 0.6 is 11.3 Å². The van der Waals surface area contributed by atoms with Gasteiger partial charge >= 0.3 is 0 Å². The monoisotopic (exact) mass is 405 g/mol. The first-order valence-corrected chi connectivity index (χ1v) is 9.92. The van der Waals surface area contributed by atoms with Gasteiger partial charge in [0.15, 0.2) is 5.96 Å². The smallest absolute Gasteiger partial charge is 0.231 e. The average molecular weight is 405 g/mol. The highest BCUT2D eigenvalue weighted by Gasteiger charge is 2.37. The number of amides is 1. The Kier molecular flexibility index (Phi) is 4.54. The fourth-order valence-corrected chi connectivity index (χ4v) is 4.57. The lowest BCUT2D eigenvalue weighted by molar-refractivity contribution is -0.128. The van der Waals surface area contributed by atoms with Crippen LogP contribution in [0.4, 0.5) is 0 Å². The van der Waals surface area contributed by atoms with Crippen LogP contribution in [-0.2, 0) is 10.3 Å². The molecule has 3 aromatic rings. The number of aromatic hydroxyl groups is 1. The van der Waals surface area contributed by atoms with Gasteiger partial charge in [-0.15, -0.1) is 11.3 Å². The summed E-state index contributed by atoms with van der Waals surface area (Å²) in [6.45, 7) is 1.88.